The van der Waals surface area contributed by atoms with Gasteiger partial charge in [0.1, 0.15) is 24.1 Å². The third-order valence-corrected chi connectivity index (χ3v) is 4.40. The van der Waals surface area contributed by atoms with Crippen LogP contribution in [-0.2, 0) is 9.53 Å². The van der Waals surface area contributed by atoms with Gasteiger partial charge in [0.25, 0.3) is 0 Å². The fourth-order valence-electron chi connectivity index (χ4n) is 3.05. The number of benzene rings is 1. The largest absolute Gasteiger partial charge is 0.479 e. The van der Waals surface area contributed by atoms with Gasteiger partial charge in [-0.2, -0.15) is 0 Å². The summed E-state index contributed by atoms with van der Waals surface area (Å²) in [5, 5.41) is 48.6. The second-order valence-corrected chi connectivity index (χ2v) is 6.05. The van der Waals surface area contributed by atoms with Crippen molar-refractivity contribution in [3.05, 3.63) is 29.3 Å². The van der Waals surface area contributed by atoms with Gasteiger partial charge in [-0.1, -0.05) is 12.1 Å². The molecule has 9 nitrogen and oxygen atoms in total. The maximum absolute atomic E-state index is 12.2. The molecule has 0 radical (unpaired) electrons. The number of rotatable bonds is 3. The minimum Gasteiger partial charge on any atom is -0.479 e. The van der Waals surface area contributed by atoms with E-state index in [9.17, 15) is 30.0 Å². The number of carboxylic acids is 1. The van der Waals surface area contributed by atoms with Crippen molar-refractivity contribution in [1.82, 2.24) is 0 Å². The van der Waals surface area contributed by atoms with Crippen molar-refractivity contribution in [2.24, 2.45) is 0 Å². The van der Waals surface area contributed by atoms with E-state index >= 15 is 0 Å². The lowest BCUT2D eigenvalue weighted by Gasteiger charge is -2.38. The summed E-state index contributed by atoms with van der Waals surface area (Å²) < 4.78 is 10.5. The monoisotopic (exact) mass is 354 g/mol. The zero-order valence-corrected chi connectivity index (χ0v) is 13.0. The lowest BCUT2D eigenvalue weighted by molar-refractivity contribution is -0.271. The Morgan fingerprint density at radius 2 is 1.84 bits per heavy atom. The van der Waals surface area contributed by atoms with Gasteiger partial charge in [-0.15, -0.1) is 0 Å². The third kappa shape index (κ3) is 3.12. The number of ether oxygens (including phenoxy) is 2. The minimum absolute atomic E-state index is 0.00183. The average Bonchev–Trinajstić information content (AvgIpc) is 2.58. The second kappa shape index (κ2) is 6.70. The van der Waals surface area contributed by atoms with Crippen LogP contribution in [0.3, 0.4) is 0 Å². The lowest BCUT2D eigenvalue weighted by Crippen LogP contribution is -2.61. The molecule has 0 bridgehead atoms. The fraction of sp³-hybridized carbons (Fsp3) is 0.500. The molecule has 1 fully saturated rings. The van der Waals surface area contributed by atoms with Crippen molar-refractivity contribution in [2.45, 2.75) is 49.7 Å². The van der Waals surface area contributed by atoms with E-state index < -0.39 is 42.8 Å². The van der Waals surface area contributed by atoms with Gasteiger partial charge in [-0.05, 0) is 18.1 Å². The van der Waals surface area contributed by atoms with E-state index in [0.29, 0.717) is 5.56 Å². The van der Waals surface area contributed by atoms with Crippen molar-refractivity contribution in [3.8, 4) is 5.75 Å². The quantitative estimate of drug-likeness (QED) is 0.458. The highest BCUT2D eigenvalue weighted by Gasteiger charge is 2.48. The van der Waals surface area contributed by atoms with Crippen LogP contribution in [0.25, 0.3) is 0 Å². The van der Waals surface area contributed by atoms with E-state index in [0.717, 1.165) is 0 Å². The Kier molecular flexibility index (Phi) is 4.76. The lowest BCUT2D eigenvalue weighted by atomic mass is 9.88. The number of aliphatic carboxylic acids is 1. The summed E-state index contributed by atoms with van der Waals surface area (Å²) in [4.78, 5) is 23.3. The molecule has 3 rings (SSSR count). The van der Waals surface area contributed by atoms with E-state index in [1.807, 2.05) is 0 Å². The molecule has 1 heterocycles. The number of hydrogen-bond donors (Lipinski definition) is 5. The number of fused-ring (bicyclic) bond motifs is 1. The maximum atomic E-state index is 12.2. The van der Waals surface area contributed by atoms with Gasteiger partial charge in [0.05, 0.1) is 11.7 Å². The first kappa shape index (κ1) is 17.8. The Morgan fingerprint density at radius 1 is 1.12 bits per heavy atom. The van der Waals surface area contributed by atoms with Crippen LogP contribution in [0.1, 0.15) is 34.9 Å². The molecule has 2 aliphatic rings. The van der Waals surface area contributed by atoms with Gasteiger partial charge in [0, 0.05) is 6.42 Å². The molecule has 0 aromatic heterocycles. The van der Waals surface area contributed by atoms with E-state index in [2.05, 4.69) is 0 Å². The predicted molar refractivity (Wildman–Crippen MR) is 79.9 cm³/mol. The van der Waals surface area contributed by atoms with E-state index in [4.69, 9.17) is 14.6 Å². The number of ketones is 1. The topological polar surface area (TPSA) is 154 Å². The van der Waals surface area contributed by atoms with Gasteiger partial charge in [0.15, 0.2) is 11.9 Å². The zero-order valence-electron chi connectivity index (χ0n) is 13.0. The molecule has 1 aromatic rings. The van der Waals surface area contributed by atoms with Gasteiger partial charge >= 0.3 is 5.97 Å². The minimum atomic E-state index is -1.83. The maximum Gasteiger partial charge on any atom is 0.335 e. The molecule has 1 aromatic carbocycles. The number of carboxylic acid groups (broad SMARTS) is 1. The highest BCUT2D eigenvalue weighted by atomic mass is 16.7. The number of carbonyl (C=O) groups is 2. The van der Waals surface area contributed by atoms with E-state index in [-0.39, 0.29) is 29.9 Å². The summed E-state index contributed by atoms with van der Waals surface area (Å²) in [7, 11) is 0. The van der Waals surface area contributed by atoms with Crippen LogP contribution in [0.4, 0.5) is 0 Å². The summed E-state index contributed by atoms with van der Waals surface area (Å²) in [5.74, 6) is -1.80. The summed E-state index contributed by atoms with van der Waals surface area (Å²) in [6, 6.07) is 4.52. The SMILES string of the molecule is O=C1CCC(O)c2cccc(OC3O[C@H](C(=O)O)[C@@H](O)[C@H](O)[C@H]3O)c21. The van der Waals surface area contributed by atoms with Crippen LogP contribution in [-0.4, -0.2) is 68.0 Å². The van der Waals surface area contributed by atoms with Crippen LogP contribution in [0.5, 0.6) is 5.75 Å². The molecule has 1 aliphatic carbocycles. The number of aliphatic hydroxyl groups is 4. The number of Topliss-reactive ketones (excluding diaryl/α,β-unsaturated/α-hetero) is 1. The zero-order chi connectivity index (χ0) is 18.3. The second-order valence-electron chi connectivity index (χ2n) is 6.05. The molecule has 6 atom stereocenters. The standard InChI is InChI=1S/C16H18O9/c17-7-4-5-8(18)10-6(7)2-1-3-9(10)24-16-13(21)11(19)12(20)14(25-16)15(22)23/h1-3,7,11-14,16-17,19-21H,4-5H2,(H,22,23)/t7?,11-,12-,13+,14-,16?/m0/s1. The molecule has 1 aliphatic heterocycles. The van der Waals surface area contributed by atoms with E-state index in [1.54, 1.807) is 6.07 Å². The summed E-state index contributed by atoms with van der Waals surface area (Å²) in [5.41, 5.74) is 0.499. The highest BCUT2D eigenvalue weighted by molar-refractivity contribution is 6.01. The van der Waals surface area contributed by atoms with Crippen molar-refractivity contribution in [2.75, 3.05) is 0 Å². The Morgan fingerprint density at radius 3 is 2.52 bits per heavy atom. The predicted octanol–water partition coefficient (Wildman–Crippen LogP) is -1.03. The van der Waals surface area contributed by atoms with Crippen LogP contribution in [0.15, 0.2) is 18.2 Å². The summed E-state index contributed by atoms with van der Waals surface area (Å²) >= 11 is 0. The van der Waals surface area contributed by atoms with E-state index in [1.165, 1.54) is 12.1 Å². The Bertz CT molecular complexity index is 688. The fourth-order valence-corrected chi connectivity index (χ4v) is 3.05. The van der Waals surface area contributed by atoms with Crippen LogP contribution in [0, 0.1) is 0 Å². The first-order valence-corrected chi connectivity index (χ1v) is 7.74. The van der Waals surface area contributed by atoms with Gasteiger partial charge in [-0.3, -0.25) is 4.79 Å². The average molecular weight is 354 g/mol. The molecule has 1 saturated heterocycles. The van der Waals surface area contributed by atoms with Crippen LogP contribution < -0.4 is 4.74 Å². The van der Waals surface area contributed by atoms with Gasteiger partial charge in [-0.25, -0.2) is 4.79 Å². The molecule has 25 heavy (non-hydrogen) atoms. The number of hydrogen-bond acceptors (Lipinski definition) is 8. The Labute approximate surface area is 142 Å². The molecule has 0 amide bonds. The van der Waals surface area contributed by atoms with Crippen molar-refractivity contribution in [1.29, 1.82) is 0 Å². The number of aliphatic hydroxyl groups excluding tert-OH is 4. The molecule has 0 spiro atoms. The third-order valence-electron chi connectivity index (χ3n) is 4.40. The molecule has 2 unspecified atom stereocenters. The molecule has 9 heteroatoms. The molecule has 0 saturated carbocycles. The molecule has 136 valence electrons. The smallest absolute Gasteiger partial charge is 0.335 e. The molecular formula is C16H18O9. The summed E-state index contributed by atoms with van der Waals surface area (Å²) in [6.07, 6.45) is -9.23. The van der Waals surface area contributed by atoms with Crippen LogP contribution >= 0.6 is 0 Å². The highest BCUT2D eigenvalue weighted by Crippen LogP contribution is 2.36. The number of carbonyl (C=O) groups excluding carboxylic acids is 1. The Balaban J connectivity index is 1.91. The van der Waals surface area contributed by atoms with Gasteiger partial charge < -0.3 is 35.0 Å². The van der Waals surface area contributed by atoms with Crippen molar-refractivity contribution in [3.63, 3.8) is 0 Å². The van der Waals surface area contributed by atoms with Crippen molar-refractivity contribution >= 4 is 11.8 Å². The Hall–Kier alpha value is -2.04. The van der Waals surface area contributed by atoms with Crippen LogP contribution in [0.2, 0.25) is 0 Å². The first-order chi connectivity index (χ1) is 11.8. The van der Waals surface area contributed by atoms with Crippen molar-refractivity contribution < 1.29 is 44.6 Å². The molecular weight excluding hydrogens is 336 g/mol. The summed E-state index contributed by atoms with van der Waals surface area (Å²) in [6.45, 7) is 0. The molecule has 5 N–H and O–H groups in total. The van der Waals surface area contributed by atoms with Gasteiger partial charge in [0.2, 0.25) is 6.29 Å². The normalized spacial score (nSPS) is 35.1. The first-order valence-electron chi connectivity index (χ1n) is 7.74.